The fourth-order valence-corrected chi connectivity index (χ4v) is 7.05. The van der Waals surface area contributed by atoms with E-state index in [0.717, 1.165) is 35.6 Å². The van der Waals surface area contributed by atoms with Gasteiger partial charge in [-0.2, -0.15) is 0 Å². The maximum atomic E-state index is 14.2. The van der Waals surface area contributed by atoms with Crippen molar-refractivity contribution in [1.29, 1.82) is 0 Å². The summed E-state index contributed by atoms with van der Waals surface area (Å²) >= 11 is 12.6. The third-order valence-electron chi connectivity index (χ3n) is 7.34. The van der Waals surface area contributed by atoms with Crippen LogP contribution in [0.1, 0.15) is 50.2 Å². The Kier molecular flexibility index (Phi) is 10.3. The fourth-order valence-electron chi connectivity index (χ4n) is 5.15. The standard InChI is InChI=1S/C31H35Cl2N3O4S/c1-3-29(31(38)34-25-11-7-8-12-25)35(20-23-16-17-24(32)19-28(23)33)30(37)21-36(26-13-9-10-22(2)18-26)41(39,40)27-14-5-4-6-15-27/h4-6,9-10,13-19,25,29H,3,7-8,11-12,20-21H2,1-2H3,(H,34,38)/t29-/m0/s1. The second kappa shape index (κ2) is 13.7. The predicted molar refractivity (Wildman–Crippen MR) is 164 cm³/mol. The van der Waals surface area contributed by atoms with E-state index in [4.69, 9.17) is 23.2 Å². The molecule has 1 atom stereocenters. The maximum Gasteiger partial charge on any atom is 0.264 e. The van der Waals surface area contributed by atoms with Crippen molar-refractivity contribution in [2.24, 2.45) is 0 Å². The van der Waals surface area contributed by atoms with E-state index in [1.807, 2.05) is 19.9 Å². The summed E-state index contributed by atoms with van der Waals surface area (Å²) in [6.07, 6.45) is 4.23. The highest BCUT2D eigenvalue weighted by Crippen LogP contribution is 2.27. The second-order valence-corrected chi connectivity index (χ2v) is 13.0. The molecule has 1 N–H and O–H groups in total. The first-order valence-corrected chi connectivity index (χ1v) is 16.0. The molecule has 4 rings (SSSR count). The van der Waals surface area contributed by atoms with Gasteiger partial charge in [-0.3, -0.25) is 13.9 Å². The Balaban J connectivity index is 1.73. The molecule has 1 aliphatic rings. The number of carbonyl (C=O) groups excluding carboxylic acids is 2. The molecular formula is C31H35Cl2N3O4S. The number of amides is 2. The van der Waals surface area contributed by atoms with E-state index in [9.17, 15) is 18.0 Å². The lowest BCUT2D eigenvalue weighted by atomic mass is 10.1. The third-order valence-corrected chi connectivity index (χ3v) is 9.72. The molecule has 2 amide bonds. The van der Waals surface area contributed by atoms with Gasteiger partial charge in [0.15, 0.2) is 0 Å². The van der Waals surface area contributed by atoms with Crippen molar-refractivity contribution in [3.8, 4) is 0 Å². The van der Waals surface area contributed by atoms with Crippen LogP contribution in [0.15, 0.2) is 77.7 Å². The minimum Gasteiger partial charge on any atom is -0.352 e. The normalized spacial score (nSPS) is 14.4. The number of hydrogen-bond donors (Lipinski definition) is 1. The van der Waals surface area contributed by atoms with Crippen LogP contribution >= 0.6 is 23.2 Å². The van der Waals surface area contributed by atoms with Crippen LogP contribution in [0.5, 0.6) is 0 Å². The molecule has 0 unspecified atom stereocenters. The van der Waals surface area contributed by atoms with Crippen molar-refractivity contribution >= 4 is 50.7 Å². The number of benzene rings is 3. The minimum absolute atomic E-state index is 0.0124. The minimum atomic E-state index is -4.12. The summed E-state index contributed by atoms with van der Waals surface area (Å²) in [5.41, 5.74) is 1.80. The average Bonchev–Trinajstić information content (AvgIpc) is 3.46. The zero-order valence-electron chi connectivity index (χ0n) is 23.2. The SMILES string of the molecule is CC[C@@H](C(=O)NC1CCCC1)N(Cc1ccc(Cl)cc1Cl)C(=O)CN(c1cccc(C)c1)S(=O)(=O)c1ccccc1. The van der Waals surface area contributed by atoms with Crippen LogP contribution in [-0.2, 0) is 26.2 Å². The van der Waals surface area contributed by atoms with Gasteiger partial charge in [-0.15, -0.1) is 0 Å². The van der Waals surface area contributed by atoms with Crippen molar-refractivity contribution in [2.45, 2.75) is 69.5 Å². The largest absolute Gasteiger partial charge is 0.352 e. The summed E-state index contributed by atoms with van der Waals surface area (Å²) in [5.74, 6) is -0.781. The lowest BCUT2D eigenvalue weighted by molar-refractivity contribution is -0.140. The lowest BCUT2D eigenvalue weighted by Gasteiger charge is -2.34. The van der Waals surface area contributed by atoms with E-state index in [2.05, 4.69) is 5.32 Å². The van der Waals surface area contributed by atoms with Gasteiger partial charge >= 0.3 is 0 Å². The monoisotopic (exact) mass is 615 g/mol. The van der Waals surface area contributed by atoms with Gasteiger partial charge in [-0.1, -0.05) is 79.4 Å². The zero-order valence-corrected chi connectivity index (χ0v) is 25.6. The van der Waals surface area contributed by atoms with Crippen LogP contribution < -0.4 is 9.62 Å². The summed E-state index contributed by atoms with van der Waals surface area (Å²) < 4.78 is 28.9. The third kappa shape index (κ3) is 7.61. The van der Waals surface area contributed by atoms with Gasteiger partial charge in [-0.25, -0.2) is 8.42 Å². The number of anilines is 1. The number of halogens is 2. The molecule has 1 aliphatic carbocycles. The molecule has 0 aromatic heterocycles. The molecule has 0 bridgehead atoms. The van der Waals surface area contributed by atoms with Crippen LogP contribution in [-0.4, -0.2) is 43.8 Å². The molecule has 0 heterocycles. The van der Waals surface area contributed by atoms with E-state index < -0.39 is 28.5 Å². The molecule has 3 aromatic carbocycles. The number of rotatable bonds is 11. The van der Waals surface area contributed by atoms with Crippen molar-refractivity contribution in [3.63, 3.8) is 0 Å². The van der Waals surface area contributed by atoms with Crippen LogP contribution in [0.3, 0.4) is 0 Å². The van der Waals surface area contributed by atoms with Crippen LogP contribution in [0.2, 0.25) is 10.0 Å². The Morgan fingerprint density at radius 3 is 2.32 bits per heavy atom. The molecule has 0 saturated heterocycles. The van der Waals surface area contributed by atoms with Crippen molar-refractivity contribution in [3.05, 3.63) is 94.0 Å². The molecule has 7 nitrogen and oxygen atoms in total. The summed E-state index contributed by atoms with van der Waals surface area (Å²) in [6.45, 7) is 3.20. The van der Waals surface area contributed by atoms with Gasteiger partial charge in [0.25, 0.3) is 10.0 Å². The predicted octanol–water partition coefficient (Wildman–Crippen LogP) is 6.36. The van der Waals surface area contributed by atoms with Gasteiger partial charge in [0.1, 0.15) is 12.6 Å². The fraction of sp³-hybridized carbons (Fsp3) is 0.355. The van der Waals surface area contributed by atoms with Crippen molar-refractivity contribution in [2.75, 3.05) is 10.8 Å². The number of hydrogen-bond acceptors (Lipinski definition) is 4. The first-order valence-electron chi connectivity index (χ1n) is 13.8. The highest BCUT2D eigenvalue weighted by atomic mass is 35.5. The molecule has 3 aromatic rings. The molecule has 0 radical (unpaired) electrons. The lowest BCUT2D eigenvalue weighted by Crippen LogP contribution is -2.53. The van der Waals surface area contributed by atoms with Gasteiger partial charge in [-0.05, 0) is 73.7 Å². The quantitative estimate of drug-likeness (QED) is 0.272. The number of nitrogens with one attached hydrogen (secondary N) is 1. The summed E-state index contributed by atoms with van der Waals surface area (Å²) in [6, 6.07) is 19.2. The topological polar surface area (TPSA) is 86.8 Å². The highest BCUT2D eigenvalue weighted by Gasteiger charge is 2.34. The first-order chi connectivity index (χ1) is 19.6. The molecule has 41 heavy (non-hydrogen) atoms. The summed E-state index contributed by atoms with van der Waals surface area (Å²) in [4.78, 5) is 29.2. The van der Waals surface area contributed by atoms with Crippen LogP contribution in [0, 0.1) is 6.92 Å². The Labute approximate surface area is 252 Å². The second-order valence-electron chi connectivity index (χ2n) is 10.3. The number of nitrogens with zero attached hydrogens (tertiary/aromatic N) is 2. The van der Waals surface area contributed by atoms with Gasteiger partial charge < -0.3 is 10.2 Å². The van der Waals surface area contributed by atoms with Gasteiger partial charge in [0, 0.05) is 22.6 Å². The number of aryl methyl sites for hydroxylation is 1. The van der Waals surface area contributed by atoms with E-state index >= 15 is 0 Å². The average molecular weight is 617 g/mol. The molecular weight excluding hydrogens is 581 g/mol. The molecule has 218 valence electrons. The number of carbonyl (C=O) groups is 2. The molecule has 1 fully saturated rings. The molecule has 1 saturated carbocycles. The summed E-state index contributed by atoms with van der Waals surface area (Å²) in [5, 5.41) is 3.91. The Morgan fingerprint density at radius 1 is 0.976 bits per heavy atom. The van der Waals surface area contributed by atoms with Crippen LogP contribution in [0.4, 0.5) is 5.69 Å². The Morgan fingerprint density at radius 2 is 1.68 bits per heavy atom. The molecule has 0 spiro atoms. The van der Waals surface area contributed by atoms with E-state index in [0.29, 0.717) is 27.7 Å². The van der Waals surface area contributed by atoms with Gasteiger partial charge in [0.05, 0.1) is 10.6 Å². The van der Waals surface area contributed by atoms with Crippen molar-refractivity contribution < 1.29 is 18.0 Å². The smallest absolute Gasteiger partial charge is 0.264 e. The maximum absolute atomic E-state index is 14.2. The Hall–Kier alpha value is -3.07. The Bertz CT molecular complexity index is 1480. The van der Waals surface area contributed by atoms with E-state index in [-0.39, 0.29) is 23.4 Å². The summed E-state index contributed by atoms with van der Waals surface area (Å²) in [7, 11) is -4.12. The first kappa shape index (κ1) is 30.9. The molecule has 10 heteroatoms. The van der Waals surface area contributed by atoms with Gasteiger partial charge in [0.2, 0.25) is 11.8 Å². The zero-order chi connectivity index (χ0) is 29.6. The number of sulfonamides is 1. The van der Waals surface area contributed by atoms with Crippen molar-refractivity contribution in [1.82, 2.24) is 10.2 Å². The highest BCUT2D eigenvalue weighted by molar-refractivity contribution is 7.92. The van der Waals surface area contributed by atoms with Crippen LogP contribution in [0.25, 0.3) is 0 Å². The van der Waals surface area contributed by atoms with E-state index in [1.165, 1.54) is 17.0 Å². The molecule has 0 aliphatic heterocycles. The van der Waals surface area contributed by atoms with E-state index in [1.54, 1.807) is 54.6 Å².